The first-order valence-electron chi connectivity index (χ1n) is 6.24. The SMILES string of the molecule is O=C(c1ccc2ccccc2n1)C1CCCC1. The van der Waals surface area contributed by atoms with Crippen molar-refractivity contribution in [3.63, 3.8) is 0 Å². The summed E-state index contributed by atoms with van der Waals surface area (Å²) in [5.41, 5.74) is 1.55. The highest BCUT2D eigenvalue weighted by molar-refractivity contribution is 5.98. The molecule has 0 atom stereocenters. The van der Waals surface area contributed by atoms with Crippen LogP contribution in [0.5, 0.6) is 0 Å². The van der Waals surface area contributed by atoms with Crippen molar-refractivity contribution >= 4 is 16.7 Å². The quantitative estimate of drug-likeness (QED) is 0.731. The fraction of sp³-hybridized carbons (Fsp3) is 0.333. The van der Waals surface area contributed by atoms with Crippen molar-refractivity contribution in [1.82, 2.24) is 4.98 Å². The average molecular weight is 225 g/mol. The second kappa shape index (κ2) is 4.28. The van der Waals surface area contributed by atoms with Crippen LogP contribution in [-0.2, 0) is 0 Å². The molecule has 1 saturated carbocycles. The molecule has 1 heterocycles. The van der Waals surface area contributed by atoms with Crippen LogP contribution >= 0.6 is 0 Å². The number of para-hydroxylation sites is 1. The van der Waals surface area contributed by atoms with E-state index in [9.17, 15) is 4.79 Å². The van der Waals surface area contributed by atoms with E-state index in [1.54, 1.807) is 0 Å². The number of carbonyl (C=O) groups excluding carboxylic acids is 1. The first-order chi connectivity index (χ1) is 8.34. The first kappa shape index (κ1) is 10.5. The van der Waals surface area contributed by atoms with Crippen LogP contribution in [0.3, 0.4) is 0 Å². The van der Waals surface area contributed by atoms with Gasteiger partial charge in [-0.05, 0) is 25.0 Å². The average Bonchev–Trinajstić information content (AvgIpc) is 2.91. The van der Waals surface area contributed by atoms with E-state index in [0.29, 0.717) is 5.69 Å². The van der Waals surface area contributed by atoms with Gasteiger partial charge in [-0.15, -0.1) is 0 Å². The van der Waals surface area contributed by atoms with Crippen LogP contribution in [0.1, 0.15) is 36.2 Å². The van der Waals surface area contributed by atoms with Crippen LogP contribution in [-0.4, -0.2) is 10.8 Å². The minimum Gasteiger partial charge on any atom is -0.292 e. The number of rotatable bonds is 2. The Morgan fingerprint density at radius 1 is 1.06 bits per heavy atom. The molecule has 0 unspecified atom stereocenters. The van der Waals surface area contributed by atoms with Gasteiger partial charge in [0, 0.05) is 11.3 Å². The van der Waals surface area contributed by atoms with Crippen molar-refractivity contribution in [3.8, 4) is 0 Å². The van der Waals surface area contributed by atoms with Gasteiger partial charge < -0.3 is 0 Å². The number of nitrogens with zero attached hydrogens (tertiary/aromatic N) is 1. The Balaban J connectivity index is 1.97. The van der Waals surface area contributed by atoms with Gasteiger partial charge in [0.2, 0.25) is 0 Å². The molecule has 1 aliphatic carbocycles. The molecule has 0 aliphatic heterocycles. The van der Waals surface area contributed by atoms with Crippen LogP contribution < -0.4 is 0 Å². The predicted octanol–water partition coefficient (Wildman–Crippen LogP) is 3.61. The number of pyridine rings is 1. The molecule has 2 heteroatoms. The van der Waals surface area contributed by atoms with E-state index in [4.69, 9.17) is 0 Å². The molecule has 0 radical (unpaired) electrons. The van der Waals surface area contributed by atoms with Gasteiger partial charge in [-0.3, -0.25) is 4.79 Å². The zero-order valence-electron chi connectivity index (χ0n) is 9.73. The Morgan fingerprint density at radius 3 is 2.65 bits per heavy atom. The molecule has 2 aromatic rings. The van der Waals surface area contributed by atoms with Crippen molar-refractivity contribution in [2.75, 3.05) is 0 Å². The van der Waals surface area contributed by atoms with Crippen molar-refractivity contribution in [2.45, 2.75) is 25.7 Å². The summed E-state index contributed by atoms with van der Waals surface area (Å²) in [5.74, 6) is 0.442. The Kier molecular flexibility index (Phi) is 2.63. The highest BCUT2D eigenvalue weighted by Gasteiger charge is 2.24. The molecule has 0 spiro atoms. The third kappa shape index (κ3) is 1.95. The fourth-order valence-electron chi connectivity index (χ4n) is 2.60. The number of hydrogen-bond acceptors (Lipinski definition) is 2. The van der Waals surface area contributed by atoms with Gasteiger partial charge >= 0.3 is 0 Å². The molecule has 1 aliphatic rings. The summed E-state index contributed by atoms with van der Waals surface area (Å²) in [6.07, 6.45) is 4.44. The van der Waals surface area contributed by atoms with Gasteiger partial charge in [0.1, 0.15) is 5.69 Å². The Labute approximate surface area is 101 Å². The second-order valence-electron chi connectivity index (χ2n) is 4.73. The van der Waals surface area contributed by atoms with Crippen LogP contribution in [0.25, 0.3) is 10.9 Å². The van der Waals surface area contributed by atoms with E-state index in [0.717, 1.165) is 23.7 Å². The van der Waals surface area contributed by atoms with Crippen molar-refractivity contribution in [2.24, 2.45) is 5.92 Å². The molecule has 86 valence electrons. The van der Waals surface area contributed by atoms with Crippen molar-refractivity contribution in [1.29, 1.82) is 0 Å². The molecule has 1 aromatic heterocycles. The summed E-state index contributed by atoms with van der Waals surface area (Å²) >= 11 is 0. The fourth-order valence-corrected chi connectivity index (χ4v) is 2.60. The number of carbonyl (C=O) groups is 1. The molecule has 2 nitrogen and oxygen atoms in total. The number of hydrogen-bond donors (Lipinski definition) is 0. The number of aromatic nitrogens is 1. The zero-order chi connectivity index (χ0) is 11.7. The highest BCUT2D eigenvalue weighted by Crippen LogP contribution is 2.28. The molecular weight excluding hydrogens is 210 g/mol. The Hall–Kier alpha value is -1.70. The van der Waals surface area contributed by atoms with Gasteiger partial charge in [0.05, 0.1) is 5.52 Å². The van der Waals surface area contributed by atoms with E-state index in [1.807, 2.05) is 36.4 Å². The molecule has 0 amide bonds. The normalized spacial score (nSPS) is 16.5. The van der Waals surface area contributed by atoms with Crippen LogP contribution in [0, 0.1) is 5.92 Å². The summed E-state index contributed by atoms with van der Waals surface area (Å²) in [7, 11) is 0. The summed E-state index contributed by atoms with van der Waals surface area (Å²) in [4.78, 5) is 16.7. The third-order valence-corrected chi connectivity index (χ3v) is 3.58. The standard InChI is InChI=1S/C15H15NO/c17-15(12-6-1-2-7-12)14-10-9-11-5-3-4-8-13(11)16-14/h3-5,8-10,12H,1-2,6-7H2. The van der Waals surface area contributed by atoms with Gasteiger partial charge in [0.15, 0.2) is 5.78 Å². The van der Waals surface area contributed by atoms with Gasteiger partial charge in [0.25, 0.3) is 0 Å². The van der Waals surface area contributed by atoms with Crippen LogP contribution in [0.2, 0.25) is 0 Å². The smallest absolute Gasteiger partial charge is 0.184 e. The Bertz CT molecular complexity index is 556. The highest BCUT2D eigenvalue weighted by atomic mass is 16.1. The molecule has 1 aromatic carbocycles. The maximum Gasteiger partial charge on any atom is 0.184 e. The first-order valence-corrected chi connectivity index (χ1v) is 6.24. The lowest BCUT2D eigenvalue weighted by Crippen LogP contribution is -2.12. The minimum absolute atomic E-state index is 0.212. The number of fused-ring (bicyclic) bond motifs is 1. The maximum atomic E-state index is 12.2. The summed E-state index contributed by atoms with van der Waals surface area (Å²) in [6.45, 7) is 0. The molecule has 0 N–H and O–H groups in total. The van der Waals surface area contributed by atoms with Gasteiger partial charge in [-0.25, -0.2) is 4.98 Å². The zero-order valence-corrected chi connectivity index (χ0v) is 9.73. The molecule has 3 rings (SSSR count). The van der Waals surface area contributed by atoms with Crippen LogP contribution in [0.15, 0.2) is 36.4 Å². The second-order valence-corrected chi connectivity index (χ2v) is 4.73. The lowest BCUT2D eigenvalue weighted by atomic mass is 9.99. The molecule has 0 bridgehead atoms. The summed E-state index contributed by atoms with van der Waals surface area (Å²) in [6, 6.07) is 11.8. The molecule has 1 fully saturated rings. The van der Waals surface area contributed by atoms with Gasteiger partial charge in [-0.1, -0.05) is 37.1 Å². The molecular formula is C15H15NO. The lowest BCUT2D eigenvalue weighted by Gasteiger charge is -2.07. The largest absolute Gasteiger partial charge is 0.292 e. The van der Waals surface area contributed by atoms with Gasteiger partial charge in [-0.2, -0.15) is 0 Å². The van der Waals surface area contributed by atoms with Crippen molar-refractivity contribution in [3.05, 3.63) is 42.1 Å². The predicted molar refractivity (Wildman–Crippen MR) is 68.0 cm³/mol. The Morgan fingerprint density at radius 2 is 1.82 bits per heavy atom. The van der Waals surface area contributed by atoms with E-state index in [2.05, 4.69) is 4.98 Å². The summed E-state index contributed by atoms with van der Waals surface area (Å²) in [5, 5.41) is 1.09. The lowest BCUT2D eigenvalue weighted by molar-refractivity contribution is 0.0918. The third-order valence-electron chi connectivity index (χ3n) is 3.58. The van der Waals surface area contributed by atoms with Crippen LogP contribution in [0.4, 0.5) is 0 Å². The van der Waals surface area contributed by atoms with E-state index >= 15 is 0 Å². The maximum absolute atomic E-state index is 12.2. The van der Waals surface area contributed by atoms with E-state index in [-0.39, 0.29) is 11.7 Å². The number of benzene rings is 1. The minimum atomic E-state index is 0.212. The molecule has 0 saturated heterocycles. The molecule has 17 heavy (non-hydrogen) atoms. The number of Topliss-reactive ketones (excluding diaryl/α,β-unsaturated/α-hetero) is 1. The monoisotopic (exact) mass is 225 g/mol. The summed E-state index contributed by atoms with van der Waals surface area (Å²) < 4.78 is 0. The van der Waals surface area contributed by atoms with E-state index in [1.165, 1.54) is 12.8 Å². The van der Waals surface area contributed by atoms with E-state index < -0.39 is 0 Å². The number of ketones is 1. The van der Waals surface area contributed by atoms with Crippen molar-refractivity contribution < 1.29 is 4.79 Å². The topological polar surface area (TPSA) is 30.0 Å².